The molecule has 94 valence electrons. The lowest BCUT2D eigenvalue weighted by Crippen LogP contribution is -2.10. The number of nitrogens with one attached hydrogen (secondary N) is 1. The number of nitrogen functional groups attached to an aromatic ring is 1. The Balaban J connectivity index is 2.27. The second-order valence-corrected chi connectivity index (χ2v) is 4.38. The molecular weight excluding hydrogens is 253 g/mol. The largest absolute Gasteiger partial charge is 0.396 e. The molecule has 0 saturated carbocycles. The molecule has 3 N–H and O–H groups in total. The fourth-order valence-corrected chi connectivity index (χ4v) is 1.94. The monoisotopic (exact) mass is 265 g/mol. The Morgan fingerprint density at radius 3 is 2.72 bits per heavy atom. The minimum absolute atomic E-state index is 0.242. The van der Waals surface area contributed by atoms with E-state index in [1.165, 1.54) is 18.5 Å². The number of aromatic nitrogens is 1. The van der Waals surface area contributed by atoms with E-state index in [-0.39, 0.29) is 11.9 Å². The molecular formula is C13H13ClFN3. The third kappa shape index (κ3) is 2.54. The maximum Gasteiger partial charge on any atom is 0.128 e. The molecule has 18 heavy (non-hydrogen) atoms. The molecule has 1 aromatic heterocycles. The summed E-state index contributed by atoms with van der Waals surface area (Å²) in [4.78, 5) is 3.87. The van der Waals surface area contributed by atoms with Crippen molar-refractivity contribution in [2.75, 3.05) is 11.1 Å². The second-order valence-electron chi connectivity index (χ2n) is 3.97. The maximum absolute atomic E-state index is 13.6. The van der Waals surface area contributed by atoms with Gasteiger partial charge in [-0.3, -0.25) is 4.98 Å². The summed E-state index contributed by atoms with van der Waals surface area (Å²) < 4.78 is 13.6. The lowest BCUT2D eigenvalue weighted by molar-refractivity contribution is 0.600. The second kappa shape index (κ2) is 5.23. The first-order valence-electron chi connectivity index (χ1n) is 5.49. The maximum atomic E-state index is 13.6. The Bertz CT molecular complexity index is 539. The molecule has 0 aliphatic heterocycles. The van der Waals surface area contributed by atoms with E-state index in [0.717, 1.165) is 0 Å². The van der Waals surface area contributed by atoms with Crippen LogP contribution in [-0.2, 0) is 0 Å². The molecule has 1 aromatic carbocycles. The van der Waals surface area contributed by atoms with Crippen molar-refractivity contribution in [3.05, 3.63) is 53.1 Å². The molecule has 0 amide bonds. The van der Waals surface area contributed by atoms with Gasteiger partial charge in [0.1, 0.15) is 5.82 Å². The number of hydrogen-bond acceptors (Lipinski definition) is 3. The fraction of sp³-hybridized carbons (Fsp3) is 0.154. The third-order valence-electron chi connectivity index (χ3n) is 2.66. The van der Waals surface area contributed by atoms with Gasteiger partial charge < -0.3 is 11.1 Å². The predicted molar refractivity (Wildman–Crippen MR) is 72.1 cm³/mol. The van der Waals surface area contributed by atoms with E-state index < -0.39 is 0 Å². The van der Waals surface area contributed by atoms with Gasteiger partial charge in [-0.25, -0.2) is 4.39 Å². The first-order valence-corrected chi connectivity index (χ1v) is 5.87. The van der Waals surface area contributed by atoms with Gasteiger partial charge in [-0.05, 0) is 13.0 Å². The van der Waals surface area contributed by atoms with Crippen LogP contribution in [0.4, 0.5) is 15.8 Å². The van der Waals surface area contributed by atoms with Crippen LogP contribution in [-0.4, -0.2) is 4.98 Å². The fourth-order valence-electron chi connectivity index (χ4n) is 1.72. The zero-order chi connectivity index (χ0) is 13.1. The minimum Gasteiger partial charge on any atom is -0.396 e. The summed E-state index contributed by atoms with van der Waals surface area (Å²) in [5.74, 6) is -0.263. The topological polar surface area (TPSA) is 50.9 Å². The lowest BCUT2D eigenvalue weighted by Gasteiger charge is -2.18. The van der Waals surface area contributed by atoms with Crippen molar-refractivity contribution in [1.82, 2.24) is 4.98 Å². The van der Waals surface area contributed by atoms with Gasteiger partial charge in [-0.2, -0.15) is 0 Å². The van der Waals surface area contributed by atoms with Crippen LogP contribution in [0.5, 0.6) is 0 Å². The zero-order valence-electron chi connectivity index (χ0n) is 9.82. The molecule has 0 bridgehead atoms. The number of pyridine rings is 1. The summed E-state index contributed by atoms with van der Waals surface area (Å²) >= 11 is 6.00. The van der Waals surface area contributed by atoms with Crippen LogP contribution < -0.4 is 11.1 Å². The Labute approximate surface area is 110 Å². The molecule has 1 atom stereocenters. The van der Waals surface area contributed by atoms with Gasteiger partial charge in [0.15, 0.2) is 0 Å². The number of hydrogen-bond donors (Lipinski definition) is 2. The number of benzene rings is 1. The Hall–Kier alpha value is -1.81. The first-order chi connectivity index (χ1) is 8.59. The number of halogens is 2. The average molecular weight is 266 g/mol. The molecule has 3 nitrogen and oxygen atoms in total. The molecule has 0 aliphatic carbocycles. The van der Waals surface area contributed by atoms with Gasteiger partial charge >= 0.3 is 0 Å². The van der Waals surface area contributed by atoms with E-state index in [1.807, 2.05) is 6.92 Å². The van der Waals surface area contributed by atoms with Crippen LogP contribution >= 0.6 is 11.6 Å². The van der Waals surface area contributed by atoms with Gasteiger partial charge in [-0.15, -0.1) is 0 Å². The van der Waals surface area contributed by atoms with Crippen molar-refractivity contribution in [1.29, 1.82) is 0 Å². The molecule has 1 unspecified atom stereocenters. The van der Waals surface area contributed by atoms with Crippen LogP contribution in [0.1, 0.15) is 18.5 Å². The van der Waals surface area contributed by atoms with Crippen molar-refractivity contribution in [3.8, 4) is 0 Å². The first kappa shape index (κ1) is 12.6. The van der Waals surface area contributed by atoms with Crippen LogP contribution in [0.3, 0.4) is 0 Å². The summed E-state index contributed by atoms with van der Waals surface area (Å²) in [6, 6.07) is 6.34. The smallest absolute Gasteiger partial charge is 0.128 e. The quantitative estimate of drug-likeness (QED) is 0.891. The Morgan fingerprint density at radius 2 is 2.06 bits per heavy atom. The van der Waals surface area contributed by atoms with Crippen molar-refractivity contribution >= 4 is 23.0 Å². The van der Waals surface area contributed by atoms with E-state index in [4.69, 9.17) is 17.3 Å². The zero-order valence-corrected chi connectivity index (χ0v) is 10.6. The molecule has 5 heteroatoms. The molecule has 0 fully saturated rings. The van der Waals surface area contributed by atoms with Crippen LogP contribution in [0, 0.1) is 5.82 Å². The van der Waals surface area contributed by atoms with Gasteiger partial charge in [0.2, 0.25) is 0 Å². The highest BCUT2D eigenvalue weighted by atomic mass is 35.5. The number of nitrogens with two attached hydrogens (primary N) is 1. The van der Waals surface area contributed by atoms with Crippen LogP contribution in [0.2, 0.25) is 5.02 Å². The van der Waals surface area contributed by atoms with E-state index in [0.29, 0.717) is 22.0 Å². The van der Waals surface area contributed by atoms with E-state index in [1.54, 1.807) is 18.2 Å². The van der Waals surface area contributed by atoms with Gasteiger partial charge in [-0.1, -0.05) is 29.8 Å². The Morgan fingerprint density at radius 1 is 1.33 bits per heavy atom. The van der Waals surface area contributed by atoms with Gasteiger partial charge in [0.25, 0.3) is 0 Å². The van der Waals surface area contributed by atoms with Crippen molar-refractivity contribution in [2.45, 2.75) is 13.0 Å². The lowest BCUT2D eigenvalue weighted by atomic mass is 10.1. The summed E-state index contributed by atoms with van der Waals surface area (Å²) in [7, 11) is 0. The highest BCUT2D eigenvalue weighted by Crippen LogP contribution is 2.30. The van der Waals surface area contributed by atoms with Crippen LogP contribution in [0.15, 0.2) is 36.7 Å². The average Bonchev–Trinajstić information content (AvgIpc) is 2.34. The Kier molecular flexibility index (Phi) is 3.67. The molecule has 0 spiro atoms. The summed E-state index contributed by atoms with van der Waals surface area (Å²) in [5.41, 5.74) is 7.35. The summed E-state index contributed by atoms with van der Waals surface area (Å²) in [5, 5.41) is 3.51. The van der Waals surface area contributed by atoms with Crippen molar-refractivity contribution < 1.29 is 4.39 Å². The number of nitrogens with zero attached hydrogens (tertiary/aromatic N) is 1. The number of rotatable bonds is 3. The summed E-state index contributed by atoms with van der Waals surface area (Å²) in [6.45, 7) is 1.84. The SMILES string of the molecule is CC(Nc1c(N)cncc1Cl)c1ccccc1F. The molecule has 0 aliphatic rings. The summed E-state index contributed by atoms with van der Waals surface area (Å²) in [6.07, 6.45) is 3.00. The molecule has 2 aromatic rings. The highest BCUT2D eigenvalue weighted by Gasteiger charge is 2.13. The number of anilines is 2. The van der Waals surface area contributed by atoms with E-state index in [2.05, 4.69) is 10.3 Å². The normalized spacial score (nSPS) is 12.2. The third-order valence-corrected chi connectivity index (χ3v) is 2.95. The molecule has 0 saturated heterocycles. The van der Waals surface area contributed by atoms with Gasteiger partial charge in [0, 0.05) is 11.8 Å². The predicted octanol–water partition coefficient (Wildman–Crippen LogP) is 3.63. The van der Waals surface area contributed by atoms with E-state index in [9.17, 15) is 4.39 Å². The highest BCUT2D eigenvalue weighted by molar-refractivity contribution is 6.33. The van der Waals surface area contributed by atoms with Crippen LogP contribution in [0.25, 0.3) is 0 Å². The van der Waals surface area contributed by atoms with E-state index >= 15 is 0 Å². The molecule has 0 radical (unpaired) electrons. The van der Waals surface area contributed by atoms with Crippen molar-refractivity contribution in [3.63, 3.8) is 0 Å². The minimum atomic E-state index is -0.263. The standard InChI is InChI=1S/C13H13ClFN3/c1-8(9-4-2-3-5-11(9)15)18-13-10(14)6-17-7-12(13)16/h2-8H,16H2,1H3,(H,17,18). The van der Waals surface area contributed by atoms with Gasteiger partial charge in [0.05, 0.1) is 28.6 Å². The molecule has 1 heterocycles. The molecule has 2 rings (SSSR count). The van der Waals surface area contributed by atoms with Crippen molar-refractivity contribution in [2.24, 2.45) is 0 Å².